The van der Waals surface area contributed by atoms with Crippen molar-refractivity contribution in [1.82, 2.24) is 10.2 Å². The minimum absolute atomic E-state index is 0.0428. The Labute approximate surface area is 176 Å². The highest BCUT2D eigenvalue weighted by Crippen LogP contribution is 2.24. The van der Waals surface area contributed by atoms with Crippen LogP contribution in [0.1, 0.15) is 24.0 Å². The average Bonchev–Trinajstić information content (AvgIpc) is 3.30. The van der Waals surface area contributed by atoms with Crippen molar-refractivity contribution in [3.63, 3.8) is 0 Å². The molecule has 1 aliphatic rings. The van der Waals surface area contributed by atoms with E-state index >= 15 is 0 Å². The van der Waals surface area contributed by atoms with Crippen LogP contribution in [0.25, 0.3) is 11.3 Å². The molecule has 6 nitrogen and oxygen atoms in total. The van der Waals surface area contributed by atoms with Crippen molar-refractivity contribution in [1.29, 1.82) is 0 Å². The van der Waals surface area contributed by atoms with Crippen LogP contribution in [0.5, 0.6) is 5.75 Å². The smallest absolute Gasteiger partial charge is 0.262 e. The predicted octanol–water partition coefficient (Wildman–Crippen LogP) is 4.38. The summed E-state index contributed by atoms with van der Waals surface area (Å²) in [6, 6.07) is 17.4. The van der Waals surface area contributed by atoms with Gasteiger partial charge in [0.2, 0.25) is 0 Å². The normalized spacial score (nSPS) is 13.3. The zero-order valence-electron chi connectivity index (χ0n) is 17.4. The van der Waals surface area contributed by atoms with Gasteiger partial charge in [0.25, 0.3) is 5.91 Å². The number of nitrogens with one attached hydrogen (secondary N) is 1. The van der Waals surface area contributed by atoms with Gasteiger partial charge in [-0.25, -0.2) is 0 Å². The fourth-order valence-corrected chi connectivity index (χ4v) is 3.57. The fourth-order valence-electron chi connectivity index (χ4n) is 3.57. The minimum atomic E-state index is -0.205. The number of aryl methyl sites for hydroxylation is 1. The summed E-state index contributed by atoms with van der Waals surface area (Å²) >= 11 is 0. The van der Waals surface area contributed by atoms with Crippen molar-refractivity contribution in [3.8, 4) is 17.0 Å². The first-order valence-corrected chi connectivity index (χ1v) is 10.3. The maximum absolute atomic E-state index is 12.4. The molecule has 0 radical (unpaired) electrons. The van der Waals surface area contributed by atoms with Crippen LogP contribution < -0.4 is 15.0 Å². The first-order chi connectivity index (χ1) is 14.6. The molecule has 2 aromatic carbocycles. The monoisotopic (exact) mass is 402 g/mol. The Bertz CT molecular complexity index is 1030. The van der Waals surface area contributed by atoms with E-state index in [9.17, 15) is 4.79 Å². The van der Waals surface area contributed by atoms with Crippen molar-refractivity contribution in [2.45, 2.75) is 26.7 Å². The molecule has 6 heteroatoms. The van der Waals surface area contributed by atoms with Gasteiger partial charge in [-0.2, -0.15) is 0 Å². The van der Waals surface area contributed by atoms with E-state index < -0.39 is 0 Å². The maximum Gasteiger partial charge on any atom is 0.262 e. The van der Waals surface area contributed by atoms with Gasteiger partial charge in [-0.1, -0.05) is 24.3 Å². The zero-order chi connectivity index (χ0) is 20.9. The van der Waals surface area contributed by atoms with Crippen LogP contribution in [0.2, 0.25) is 0 Å². The largest absolute Gasteiger partial charge is 0.483 e. The Hall–Kier alpha value is -3.41. The molecule has 0 aliphatic carbocycles. The fraction of sp³-hybridized carbons (Fsp3) is 0.292. The van der Waals surface area contributed by atoms with Crippen molar-refractivity contribution in [2.75, 3.05) is 29.9 Å². The van der Waals surface area contributed by atoms with Gasteiger partial charge in [0.05, 0.1) is 5.69 Å². The number of hydrogen-bond donors (Lipinski definition) is 1. The molecule has 154 valence electrons. The van der Waals surface area contributed by atoms with Gasteiger partial charge in [0.1, 0.15) is 5.75 Å². The van der Waals surface area contributed by atoms with Crippen LogP contribution in [-0.4, -0.2) is 35.8 Å². The van der Waals surface area contributed by atoms with Crippen LogP contribution in [0, 0.1) is 13.8 Å². The Morgan fingerprint density at radius 2 is 1.83 bits per heavy atom. The van der Waals surface area contributed by atoms with Gasteiger partial charge in [0, 0.05) is 24.3 Å². The van der Waals surface area contributed by atoms with Crippen LogP contribution in [0.3, 0.4) is 0 Å². The first kappa shape index (κ1) is 19.9. The van der Waals surface area contributed by atoms with Gasteiger partial charge in [0.15, 0.2) is 12.4 Å². The second-order valence-electron chi connectivity index (χ2n) is 7.59. The molecule has 0 spiro atoms. The summed E-state index contributed by atoms with van der Waals surface area (Å²) in [5, 5.41) is 11.6. The maximum atomic E-state index is 12.4. The van der Waals surface area contributed by atoms with E-state index in [1.165, 1.54) is 12.8 Å². The standard InChI is InChI=1S/C24H26N4O2/c1-17-7-5-10-22(18(17)2)30-16-24(29)25-20-9-6-8-19(15-20)21-11-12-23(27-26-21)28-13-3-4-14-28/h5-12,15H,3-4,13-14,16H2,1-2H3,(H,25,29). The molecule has 4 rings (SSSR count). The second kappa shape index (κ2) is 8.95. The molecule has 30 heavy (non-hydrogen) atoms. The van der Waals surface area contributed by atoms with Crippen LogP contribution in [0.4, 0.5) is 11.5 Å². The molecule has 0 saturated carbocycles. The van der Waals surface area contributed by atoms with E-state index in [0.717, 1.165) is 47.0 Å². The average molecular weight is 402 g/mol. The van der Waals surface area contributed by atoms with Crippen molar-refractivity contribution in [2.24, 2.45) is 0 Å². The molecule has 3 aromatic rings. The third kappa shape index (κ3) is 4.59. The van der Waals surface area contributed by atoms with Crippen molar-refractivity contribution in [3.05, 3.63) is 65.7 Å². The van der Waals surface area contributed by atoms with Gasteiger partial charge >= 0.3 is 0 Å². The van der Waals surface area contributed by atoms with Gasteiger partial charge in [-0.05, 0) is 68.1 Å². The number of amides is 1. The summed E-state index contributed by atoms with van der Waals surface area (Å²) in [7, 11) is 0. The van der Waals surface area contributed by atoms with Gasteiger partial charge in [-0.3, -0.25) is 4.79 Å². The Morgan fingerprint density at radius 1 is 1.03 bits per heavy atom. The molecular formula is C24H26N4O2. The number of rotatable bonds is 6. The Balaban J connectivity index is 1.39. The molecule has 0 unspecified atom stereocenters. The van der Waals surface area contributed by atoms with E-state index in [1.54, 1.807) is 0 Å². The van der Waals surface area contributed by atoms with Gasteiger partial charge in [-0.15, -0.1) is 10.2 Å². The number of benzene rings is 2. The third-order valence-electron chi connectivity index (χ3n) is 5.44. The van der Waals surface area contributed by atoms with Crippen LogP contribution in [-0.2, 0) is 4.79 Å². The molecule has 1 N–H and O–H groups in total. The summed E-state index contributed by atoms with van der Waals surface area (Å²) < 4.78 is 5.69. The third-order valence-corrected chi connectivity index (χ3v) is 5.44. The number of carbonyl (C=O) groups is 1. The lowest BCUT2D eigenvalue weighted by atomic mass is 10.1. The number of carbonyl (C=O) groups excluding carboxylic acids is 1. The SMILES string of the molecule is Cc1cccc(OCC(=O)Nc2cccc(-c3ccc(N4CCCC4)nn3)c2)c1C. The van der Waals surface area contributed by atoms with E-state index in [4.69, 9.17) is 4.74 Å². The summed E-state index contributed by atoms with van der Waals surface area (Å²) in [5.41, 5.74) is 4.57. The van der Waals surface area contributed by atoms with Gasteiger partial charge < -0.3 is 15.0 Å². The highest BCUT2D eigenvalue weighted by atomic mass is 16.5. The van der Waals surface area contributed by atoms with Crippen molar-refractivity contribution < 1.29 is 9.53 Å². The summed E-state index contributed by atoms with van der Waals surface area (Å²) in [6.07, 6.45) is 2.41. The molecule has 1 amide bonds. The highest BCUT2D eigenvalue weighted by Gasteiger charge is 2.14. The Kier molecular flexibility index (Phi) is 5.93. The molecule has 1 aliphatic heterocycles. The van der Waals surface area contributed by atoms with E-state index in [0.29, 0.717) is 5.69 Å². The lowest BCUT2D eigenvalue weighted by molar-refractivity contribution is -0.118. The van der Waals surface area contributed by atoms with E-state index in [-0.39, 0.29) is 12.5 Å². The topological polar surface area (TPSA) is 67.3 Å². The molecule has 0 atom stereocenters. The quantitative estimate of drug-likeness (QED) is 0.663. The van der Waals surface area contributed by atoms with Crippen LogP contribution >= 0.6 is 0 Å². The summed E-state index contributed by atoms with van der Waals surface area (Å²) in [5.74, 6) is 1.44. The molecule has 2 heterocycles. The summed E-state index contributed by atoms with van der Waals surface area (Å²) in [6.45, 7) is 6.05. The highest BCUT2D eigenvalue weighted by molar-refractivity contribution is 5.92. The zero-order valence-corrected chi connectivity index (χ0v) is 17.4. The molecule has 1 fully saturated rings. The van der Waals surface area contributed by atoms with E-state index in [1.807, 2.05) is 68.4 Å². The lowest BCUT2D eigenvalue weighted by Crippen LogP contribution is -2.20. The molecule has 0 bridgehead atoms. The molecular weight excluding hydrogens is 376 g/mol. The number of hydrogen-bond acceptors (Lipinski definition) is 5. The summed E-state index contributed by atoms with van der Waals surface area (Å²) in [4.78, 5) is 14.6. The second-order valence-corrected chi connectivity index (χ2v) is 7.59. The predicted molar refractivity (Wildman–Crippen MR) is 119 cm³/mol. The lowest BCUT2D eigenvalue weighted by Gasteiger charge is -2.15. The number of anilines is 2. The number of nitrogens with zero attached hydrogens (tertiary/aromatic N) is 3. The molecule has 1 aromatic heterocycles. The minimum Gasteiger partial charge on any atom is -0.483 e. The van der Waals surface area contributed by atoms with Crippen molar-refractivity contribution >= 4 is 17.4 Å². The van der Waals surface area contributed by atoms with E-state index in [2.05, 4.69) is 20.4 Å². The first-order valence-electron chi connectivity index (χ1n) is 10.3. The number of ether oxygens (including phenoxy) is 1. The number of aromatic nitrogens is 2. The molecule has 1 saturated heterocycles. The van der Waals surface area contributed by atoms with Crippen LogP contribution in [0.15, 0.2) is 54.6 Å². The Morgan fingerprint density at radius 3 is 2.60 bits per heavy atom.